The van der Waals surface area contributed by atoms with E-state index in [1.807, 2.05) is 6.07 Å². The number of carboxylic acid groups (broad SMARTS) is 1. The Morgan fingerprint density at radius 3 is 2.54 bits per heavy atom. The molecule has 1 unspecified atom stereocenters. The predicted octanol–water partition coefficient (Wildman–Crippen LogP) is 0.988. The van der Waals surface area contributed by atoms with Crippen molar-refractivity contribution in [1.29, 1.82) is 0 Å². The van der Waals surface area contributed by atoms with Gasteiger partial charge in [-0.25, -0.2) is 4.79 Å². The fraction of sp³-hybridized carbons (Fsp3) is 0.222. The summed E-state index contributed by atoms with van der Waals surface area (Å²) in [5, 5.41) is 19.8. The van der Waals surface area contributed by atoms with Crippen molar-refractivity contribution in [2.45, 2.75) is 6.10 Å². The highest BCUT2D eigenvalue weighted by molar-refractivity contribution is 5.64. The van der Waals surface area contributed by atoms with Gasteiger partial charge in [0.15, 0.2) is 0 Å². The Labute approximate surface area is 75.8 Å². The first kappa shape index (κ1) is 9.54. The van der Waals surface area contributed by atoms with Crippen molar-refractivity contribution in [3.05, 3.63) is 35.9 Å². The molecule has 0 radical (unpaired) electrons. The monoisotopic (exact) mass is 181 g/mol. The molecule has 0 aliphatic rings. The zero-order valence-electron chi connectivity index (χ0n) is 6.97. The largest absolute Gasteiger partial charge is 0.465 e. The highest BCUT2D eigenvalue weighted by Gasteiger charge is 2.06. The highest BCUT2D eigenvalue weighted by Crippen LogP contribution is 2.09. The third-order valence-electron chi connectivity index (χ3n) is 1.63. The van der Waals surface area contributed by atoms with Gasteiger partial charge in [-0.2, -0.15) is 0 Å². The first-order chi connectivity index (χ1) is 6.20. The van der Waals surface area contributed by atoms with Crippen molar-refractivity contribution in [1.82, 2.24) is 5.32 Å². The van der Waals surface area contributed by atoms with E-state index < -0.39 is 12.2 Å². The van der Waals surface area contributed by atoms with Crippen LogP contribution in [0.1, 0.15) is 11.7 Å². The number of aliphatic hydroxyl groups excluding tert-OH is 1. The summed E-state index contributed by atoms with van der Waals surface area (Å²) in [4.78, 5) is 10.1. The number of aliphatic hydroxyl groups is 1. The van der Waals surface area contributed by atoms with Gasteiger partial charge in [0, 0.05) is 0 Å². The third kappa shape index (κ3) is 3.13. The van der Waals surface area contributed by atoms with Crippen molar-refractivity contribution in [3.8, 4) is 0 Å². The number of amides is 1. The molecule has 1 rings (SSSR count). The van der Waals surface area contributed by atoms with Gasteiger partial charge in [-0.15, -0.1) is 0 Å². The number of carbonyl (C=O) groups is 1. The lowest BCUT2D eigenvalue weighted by Crippen LogP contribution is -2.26. The normalized spacial score (nSPS) is 12.1. The van der Waals surface area contributed by atoms with Crippen LogP contribution in [-0.2, 0) is 0 Å². The molecule has 1 amide bonds. The third-order valence-corrected chi connectivity index (χ3v) is 1.63. The van der Waals surface area contributed by atoms with E-state index in [2.05, 4.69) is 5.32 Å². The Bertz CT molecular complexity index is 273. The molecule has 1 aromatic carbocycles. The van der Waals surface area contributed by atoms with Gasteiger partial charge in [-0.05, 0) is 5.56 Å². The molecule has 70 valence electrons. The second kappa shape index (κ2) is 4.47. The minimum atomic E-state index is -1.13. The Balaban J connectivity index is 2.49. The van der Waals surface area contributed by atoms with Crippen LogP contribution in [0.3, 0.4) is 0 Å². The molecular weight excluding hydrogens is 170 g/mol. The van der Waals surface area contributed by atoms with Gasteiger partial charge in [0.25, 0.3) is 0 Å². The Hall–Kier alpha value is -1.55. The lowest BCUT2D eigenvalue weighted by molar-refractivity contribution is 0.159. The Morgan fingerprint density at radius 2 is 2.00 bits per heavy atom. The van der Waals surface area contributed by atoms with Crippen LogP contribution in [0.25, 0.3) is 0 Å². The average Bonchev–Trinajstić information content (AvgIpc) is 2.15. The maximum absolute atomic E-state index is 10.1. The molecule has 0 fully saturated rings. The van der Waals surface area contributed by atoms with Crippen molar-refractivity contribution in [3.63, 3.8) is 0 Å². The zero-order chi connectivity index (χ0) is 9.68. The number of benzene rings is 1. The summed E-state index contributed by atoms with van der Waals surface area (Å²) in [6, 6.07) is 8.90. The lowest BCUT2D eigenvalue weighted by Gasteiger charge is -2.09. The number of hydrogen-bond acceptors (Lipinski definition) is 2. The second-order valence-corrected chi connectivity index (χ2v) is 2.61. The first-order valence-corrected chi connectivity index (χ1v) is 3.90. The first-order valence-electron chi connectivity index (χ1n) is 3.90. The van der Waals surface area contributed by atoms with Crippen LogP contribution in [0.5, 0.6) is 0 Å². The summed E-state index contributed by atoms with van der Waals surface area (Å²) in [5.41, 5.74) is 0.705. The van der Waals surface area contributed by atoms with E-state index in [0.29, 0.717) is 5.56 Å². The van der Waals surface area contributed by atoms with E-state index >= 15 is 0 Å². The van der Waals surface area contributed by atoms with Gasteiger partial charge in [0.2, 0.25) is 0 Å². The summed E-state index contributed by atoms with van der Waals surface area (Å²) in [6.45, 7) is 0.0132. The van der Waals surface area contributed by atoms with Gasteiger partial charge < -0.3 is 15.5 Å². The molecule has 4 nitrogen and oxygen atoms in total. The topological polar surface area (TPSA) is 69.6 Å². The number of rotatable bonds is 3. The van der Waals surface area contributed by atoms with Crippen LogP contribution in [0.15, 0.2) is 30.3 Å². The number of hydrogen-bond donors (Lipinski definition) is 3. The Morgan fingerprint density at radius 1 is 1.38 bits per heavy atom. The molecule has 4 heteroatoms. The minimum absolute atomic E-state index is 0.0132. The van der Waals surface area contributed by atoms with Gasteiger partial charge in [-0.3, -0.25) is 0 Å². The van der Waals surface area contributed by atoms with E-state index in [1.165, 1.54) is 0 Å². The lowest BCUT2D eigenvalue weighted by atomic mass is 10.1. The maximum Gasteiger partial charge on any atom is 0.404 e. The Kier molecular flexibility index (Phi) is 3.28. The summed E-state index contributed by atoms with van der Waals surface area (Å²) in [7, 11) is 0. The maximum atomic E-state index is 10.1. The molecule has 0 heterocycles. The summed E-state index contributed by atoms with van der Waals surface area (Å²) in [6.07, 6.45) is -1.91. The average molecular weight is 181 g/mol. The number of nitrogens with one attached hydrogen (secondary N) is 1. The van der Waals surface area contributed by atoms with E-state index in [0.717, 1.165) is 0 Å². The van der Waals surface area contributed by atoms with Crippen LogP contribution in [0.2, 0.25) is 0 Å². The SMILES string of the molecule is O=C(O)NCC(O)c1ccccc1. The molecular formula is C9H11NO3. The van der Waals surface area contributed by atoms with Crippen molar-refractivity contribution < 1.29 is 15.0 Å². The zero-order valence-corrected chi connectivity index (χ0v) is 6.97. The van der Waals surface area contributed by atoms with Gasteiger partial charge in [0.1, 0.15) is 0 Å². The van der Waals surface area contributed by atoms with Crippen molar-refractivity contribution in [2.75, 3.05) is 6.54 Å². The fourth-order valence-electron chi connectivity index (χ4n) is 0.977. The van der Waals surface area contributed by atoms with Gasteiger partial charge >= 0.3 is 6.09 Å². The second-order valence-electron chi connectivity index (χ2n) is 2.61. The van der Waals surface area contributed by atoms with E-state index in [9.17, 15) is 9.90 Å². The molecule has 1 aromatic rings. The summed E-state index contributed by atoms with van der Waals surface area (Å²) < 4.78 is 0. The molecule has 0 aliphatic heterocycles. The van der Waals surface area contributed by atoms with Crippen LogP contribution < -0.4 is 5.32 Å². The minimum Gasteiger partial charge on any atom is -0.465 e. The summed E-state index contributed by atoms with van der Waals surface area (Å²) >= 11 is 0. The van der Waals surface area contributed by atoms with Gasteiger partial charge in [0.05, 0.1) is 12.6 Å². The van der Waals surface area contributed by atoms with E-state index in [1.54, 1.807) is 24.3 Å². The van der Waals surface area contributed by atoms with Crippen molar-refractivity contribution >= 4 is 6.09 Å². The van der Waals surface area contributed by atoms with E-state index in [-0.39, 0.29) is 6.54 Å². The predicted molar refractivity (Wildman–Crippen MR) is 47.4 cm³/mol. The van der Waals surface area contributed by atoms with E-state index in [4.69, 9.17) is 5.11 Å². The van der Waals surface area contributed by atoms with Crippen LogP contribution in [0, 0.1) is 0 Å². The van der Waals surface area contributed by atoms with Crippen LogP contribution >= 0.6 is 0 Å². The molecule has 1 atom stereocenters. The molecule has 0 bridgehead atoms. The quantitative estimate of drug-likeness (QED) is 0.651. The summed E-state index contributed by atoms with van der Waals surface area (Å²) in [5.74, 6) is 0. The van der Waals surface area contributed by atoms with Gasteiger partial charge in [-0.1, -0.05) is 30.3 Å². The standard InChI is InChI=1S/C9H11NO3/c11-8(6-10-9(12)13)7-4-2-1-3-5-7/h1-5,8,10-11H,6H2,(H,12,13). The molecule has 0 spiro atoms. The van der Waals surface area contributed by atoms with Crippen molar-refractivity contribution in [2.24, 2.45) is 0 Å². The smallest absolute Gasteiger partial charge is 0.404 e. The fourth-order valence-corrected chi connectivity index (χ4v) is 0.977. The molecule has 0 aliphatic carbocycles. The molecule has 13 heavy (non-hydrogen) atoms. The van der Waals surface area contributed by atoms with Crippen LogP contribution in [0.4, 0.5) is 4.79 Å². The highest BCUT2D eigenvalue weighted by atomic mass is 16.4. The molecule has 0 aromatic heterocycles. The molecule has 3 N–H and O–H groups in total. The molecule has 0 saturated heterocycles. The molecule has 0 saturated carbocycles. The van der Waals surface area contributed by atoms with Crippen LogP contribution in [-0.4, -0.2) is 22.9 Å².